The fraction of sp³-hybridized carbons (Fsp3) is 0.391. The molecule has 32 heavy (non-hydrogen) atoms. The smallest absolute Gasteiger partial charge is 0.255 e. The van der Waals surface area contributed by atoms with Gasteiger partial charge in [-0.1, -0.05) is 0 Å². The molecule has 3 rings (SSSR count). The van der Waals surface area contributed by atoms with Gasteiger partial charge in [-0.2, -0.15) is 0 Å². The van der Waals surface area contributed by atoms with E-state index in [1.165, 1.54) is 21.1 Å². The summed E-state index contributed by atoms with van der Waals surface area (Å²) in [6.07, 6.45) is -0.382. The number of carbonyl (C=O) groups is 2. The number of methoxy groups -OCH3 is 3. The summed E-state index contributed by atoms with van der Waals surface area (Å²) >= 11 is 3.44. The van der Waals surface area contributed by atoms with Crippen molar-refractivity contribution in [2.24, 2.45) is 0 Å². The highest BCUT2D eigenvalue weighted by atomic mass is 79.9. The predicted molar refractivity (Wildman–Crippen MR) is 121 cm³/mol. The lowest BCUT2D eigenvalue weighted by Gasteiger charge is -2.33. The molecule has 1 amide bonds. The van der Waals surface area contributed by atoms with Crippen LogP contribution in [0.2, 0.25) is 0 Å². The SMILES string of the molecule is COc1ccc(Br)c(C(=O)N2CCOC(COc3c(C(C)=O)ccc(OC)c3OC)C2)c1. The van der Waals surface area contributed by atoms with Gasteiger partial charge in [0.2, 0.25) is 5.75 Å². The normalized spacial score (nSPS) is 15.8. The lowest BCUT2D eigenvalue weighted by molar-refractivity contribution is -0.0405. The zero-order valence-electron chi connectivity index (χ0n) is 18.5. The number of morpholine rings is 1. The molecule has 1 saturated heterocycles. The number of rotatable bonds is 8. The Morgan fingerprint density at radius 3 is 2.50 bits per heavy atom. The summed E-state index contributed by atoms with van der Waals surface area (Å²) in [7, 11) is 4.55. The van der Waals surface area contributed by atoms with E-state index in [1.54, 1.807) is 42.3 Å². The molecule has 0 radical (unpaired) electrons. The fourth-order valence-electron chi connectivity index (χ4n) is 3.47. The third-order valence-corrected chi connectivity index (χ3v) is 5.81. The van der Waals surface area contributed by atoms with Crippen molar-refractivity contribution in [3.63, 3.8) is 0 Å². The first-order valence-corrected chi connectivity index (χ1v) is 10.8. The Bertz CT molecular complexity index is 995. The topological polar surface area (TPSA) is 83.5 Å². The summed E-state index contributed by atoms with van der Waals surface area (Å²) in [5, 5.41) is 0. The Kier molecular flexibility index (Phi) is 7.98. The average molecular weight is 508 g/mol. The molecule has 1 atom stereocenters. The van der Waals surface area contributed by atoms with Gasteiger partial charge in [0.25, 0.3) is 5.91 Å². The molecular weight excluding hydrogens is 482 g/mol. The molecule has 0 bridgehead atoms. The summed E-state index contributed by atoms with van der Waals surface area (Å²) in [5.74, 6) is 1.40. The lowest BCUT2D eigenvalue weighted by atomic mass is 10.1. The van der Waals surface area contributed by atoms with Crippen LogP contribution in [0.4, 0.5) is 0 Å². The number of nitrogens with zero attached hydrogens (tertiary/aromatic N) is 1. The maximum absolute atomic E-state index is 13.1. The maximum Gasteiger partial charge on any atom is 0.255 e. The number of amides is 1. The van der Waals surface area contributed by atoms with Gasteiger partial charge in [-0.15, -0.1) is 0 Å². The van der Waals surface area contributed by atoms with Crippen molar-refractivity contribution in [2.45, 2.75) is 13.0 Å². The molecule has 0 aromatic heterocycles. The molecular formula is C23H26BrNO7. The number of Topliss-reactive ketones (excluding diaryl/α,β-unsaturated/α-hetero) is 1. The second kappa shape index (κ2) is 10.7. The largest absolute Gasteiger partial charge is 0.497 e. The van der Waals surface area contributed by atoms with Gasteiger partial charge in [-0.05, 0) is 53.2 Å². The Balaban J connectivity index is 1.75. The van der Waals surface area contributed by atoms with E-state index in [1.807, 2.05) is 0 Å². The van der Waals surface area contributed by atoms with Gasteiger partial charge in [-0.25, -0.2) is 0 Å². The van der Waals surface area contributed by atoms with E-state index in [9.17, 15) is 9.59 Å². The van der Waals surface area contributed by atoms with Gasteiger partial charge in [0.1, 0.15) is 18.5 Å². The summed E-state index contributed by atoms with van der Waals surface area (Å²) < 4.78 is 28.5. The Hall–Kier alpha value is -2.78. The van der Waals surface area contributed by atoms with E-state index in [-0.39, 0.29) is 24.4 Å². The molecule has 0 N–H and O–H groups in total. The molecule has 8 nitrogen and oxygen atoms in total. The van der Waals surface area contributed by atoms with Crippen LogP contribution < -0.4 is 18.9 Å². The van der Waals surface area contributed by atoms with Crippen molar-refractivity contribution in [1.29, 1.82) is 0 Å². The number of hydrogen-bond acceptors (Lipinski definition) is 7. The molecule has 2 aromatic rings. The minimum Gasteiger partial charge on any atom is -0.497 e. The van der Waals surface area contributed by atoms with Crippen LogP contribution in [0.3, 0.4) is 0 Å². The van der Waals surface area contributed by atoms with E-state index in [2.05, 4.69) is 15.9 Å². The van der Waals surface area contributed by atoms with Crippen LogP contribution in [0, 0.1) is 0 Å². The number of benzene rings is 2. The molecule has 0 saturated carbocycles. The molecule has 172 valence electrons. The van der Waals surface area contributed by atoms with E-state index < -0.39 is 0 Å². The van der Waals surface area contributed by atoms with E-state index in [0.717, 1.165) is 0 Å². The van der Waals surface area contributed by atoms with Crippen LogP contribution in [0.1, 0.15) is 27.6 Å². The van der Waals surface area contributed by atoms with Crippen molar-refractivity contribution in [2.75, 3.05) is 47.6 Å². The zero-order chi connectivity index (χ0) is 23.3. The highest BCUT2D eigenvalue weighted by Gasteiger charge is 2.28. The van der Waals surface area contributed by atoms with E-state index in [4.69, 9.17) is 23.7 Å². The Labute approximate surface area is 195 Å². The molecule has 1 aliphatic heterocycles. The van der Waals surface area contributed by atoms with E-state index >= 15 is 0 Å². The molecule has 1 unspecified atom stereocenters. The first-order valence-electron chi connectivity index (χ1n) is 10.0. The van der Waals surface area contributed by atoms with Crippen molar-refractivity contribution < 1.29 is 33.3 Å². The summed E-state index contributed by atoms with van der Waals surface area (Å²) in [6, 6.07) is 8.56. The number of ether oxygens (including phenoxy) is 5. The van der Waals surface area contributed by atoms with Crippen LogP contribution in [-0.4, -0.2) is 70.3 Å². The molecule has 1 fully saturated rings. The van der Waals surface area contributed by atoms with Crippen LogP contribution in [0.25, 0.3) is 0 Å². The van der Waals surface area contributed by atoms with E-state index in [0.29, 0.717) is 58.3 Å². The van der Waals surface area contributed by atoms with Crippen LogP contribution in [0.5, 0.6) is 23.0 Å². The summed E-state index contributed by atoms with van der Waals surface area (Å²) in [6.45, 7) is 2.75. The third kappa shape index (κ3) is 5.16. The summed E-state index contributed by atoms with van der Waals surface area (Å²) in [4.78, 5) is 26.9. The van der Waals surface area contributed by atoms with Crippen molar-refractivity contribution >= 4 is 27.6 Å². The molecule has 9 heteroatoms. The van der Waals surface area contributed by atoms with Crippen molar-refractivity contribution in [3.05, 3.63) is 45.9 Å². The Morgan fingerprint density at radius 2 is 1.84 bits per heavy atom. The Morgan fingerprint density at radius 1 is 1.06 bits per heavy atom. The van der Waals surface area contributed by atoms with Crippen LogP contribution in [-0.2, 0) is 4.74 Å². The first-order chi connectivity index (χ1) is 15.4. The molecule has 1 heterocycles. The second-order valence-corrected chi connectivity index (χ2v) is 7.99. The molecule has 2 aromatic carbocycles. The minimum absolute atomic E-state index is 0.132. The highest BCUT2D eigenvalue weighted by Crippen LogP contribution is 2.40. The standard InChI is InChI=1S/C23H26BrNO7/c1-14(26)17-6-8-20(29-3)22(30-4)21(17)32-13-16-12-25(9-10-31-16)23(27)18-11-15(28-2)5-7-19(18)24/h5-8,11,16H,9-10,12-13H2,1-4H3. The molecule has 0 aliphatic carbocycles. The van der Waals surface area contributed by atoms with Gasteiger partial charge >= 0.3 is 0 Å². The van der Waals surface area contributed by atoms with Crippen molar-refractivity contribution in [1.82, 2.24) is 4.90 Å². The quantitative estimate of drug-likeness (QED) is 0.504. The zero-order valence-corrected chi connectivity index (χ0v) is 20.1. The van der Waals surface area contributed by atoms with Gasteiger partial charge in [0.15, 0.2) is 17.3 Å². The fourth-order valence-corrected chi connectivity index (χ4v) is 3.88. The summed E-state index contributed by atoms with van der Waals surface area (Å²) in [5.41, 5.74) is 0.894. The number of carbonyl (C=O) groups excluding carboxylic acids is 2. The second-order valence-electron chi connectivity index (χ2n) is 7.13. The highest BCUT2D eigenvalue weighted by molar-refractivity contribution is 9.10. The van der Waals surface area contributed by atoms with Crippen LogP contribution >= 0.6 is 15.9 Å². The van der Waals surface area contributed by atoms with Gasteiger partial charge < -0.3 is 28.6 Å². The monoisotopic (exact) mass is 507 g/mol. The third-order valence-electron chi connectivity index (χ3n) is 5.12. The average Bonchev–Trinajstić information content (AvgIpc) is 2.81. The predicted octanol–water partition coefficient (Wildman–Crippen LogP) is 3.60. The number of hydrogen-bond donors (Lipinski definition) is 0. The van der Waals surface area contributed by atoms with Crippen molar-refractivity contribution in [3.8, 4) is 23.0 Å². The minimum atomic E-state index is -0.382. The van der Waals surface area contributed by atoms with Crippen LogP contribution in [0.15, 0.2) is 34.8 Å². The van der Waals surface area contributed by atoms with Gasteiger partial charge in [0.05, 0.1) is 45.6 Å². The molecule has 0 spiro atoms. The van der Waals surface area contributed by atoms with Gasteiger partial charge in [0, 0.05) is 11.0 Å². The maximum atomic E-state index is 13.1. The first kappa shape index (κ1) is 23.9. The number of ketones is 1. The van der Waals surface area contributed by atoms with Gasteiger partial charge in [-0.3, -0.25) is 9.59 Å². The number of halogens is 1. The lowest BCUT2D eigenvalue weighted by Crippen LogP contribution is -2.47. The molecule has 1 aliphatic rings.